The molecule has 16 heavy (non-hydrogen) atoms. The van der Waals surface area contributed by atoms with Crippen molar-refractivity contribution in [2.45, 2.75) is 19.3 Å². The zero-order valence-electron chi connectivity index (χ0n) is 10.1. The van der Waals surface area contributed by atoms with Crippen molar-refractivity contribution in [1.29, 1.82) is 0 Å². The van der Waals surface area contributed by atoms with Crippen LogP contribution < -0.4 is 5.73 Å². The topological polar surface area (TPSA) is 47.1 Å². The van der Waals surface area contributed by atoms with Crippen LogP contribution in [0, 0.1) is 5.92 Å². The van der Waals surface area contributed by atoms with E-state index in [9.17, 15) is 0 Å². The summed E-state index contributed by atoms with van der Waals surface area (Å²) in [6, 6.07) is 0. The summed E-state index contributed by atoms with van der Waals surface area (Å²) >= 11 is 0. The lowest BCUT2D eigenvalue weighted by molar-refractivity contribution is 0.325. The predicted octanol–water partition coefficient (Wildman–Crippen LogP) is 0.633. The smallest absolute Gasteiger partial charge is 0.0522 e. The first kappa shape index (κ1) is 11.6. The Morgan fingerprint density at radius 2 is 2.44 bits per heavy atom. The third-order valence-corrected chi connectivity index (χ3v) is 3.42. The molecule has 4 heteroatoms. The fourth-order valence-electron chi connectivity index (χ4n) is 2.48. The summed E-state index contributed by atoms with van der Waals surface area (Å²) in [5, 5.41) is 4.19. The molecule has 1 unspecified atom stereocenters. The standard InChI is InChI=1S/C12H22N4/c1-15-9-12(8-14-15)4-7-16-6-3-11(10-16)2-5-13/h8-9,11H,2-7,10,13H2,1H3. The van der Waals surface area contributed by atoms with Gasteiger partial charge in [-0.25, -0.2) is 0 Å². The molecule has 1 aliphatic heterocycles. The van der Waals surface area contributed by atoms with Crippen molar-refractivity contribution in [2.75, 3.05) is 26.2 Å². The molecule has 1 saturated heterocycles. The molecule has 0 saturated carbocycles. The Morgan fingerprint density at radius 3 is 3.12 bits per heavy atom. The van der Waals surface area contributed by atoms with Gasteiger partial charge in [0.05, 0.1) is 6.20 Å². The van der Waals surface area contributed by atoms with E-state index in [1.807, 2.05) is 17.9 Å². The zero-order chi connectivity index (χ0) is 11.4. The van der Waals surface area contributed by atoms with Crippen LogP contribution in [0.2, 0.25) is 0 Å². The Morgan fingerprint density at radius 1 is 1.56 bits per heavy atom. The van der Waals surface area contributed by atoms with E-state index in [1.54, 1.807) is 0 Å². The van der Waals surface area contributed by atoms with Crippen LogP contribution in [0.15, 0.2) is 12.4 Å². The Bertz CT molecular complexity index is 321. The lowest BCUT2D eigenvalue weighted by Gasteiger charge is -2.14. The fraction of sp³-hybridized carbons (Fsp3) is 0.750. The Labute approximate surface area is 97.4 Å². The summed E-state index contributed by atoms with van der Waals surface area (Å²) < 4.78 is 1.87. The van der Waals surface area contributed by atoms with Crippen molar-refractivity contribution in [3.8, 4) is 0 Å². The Balaban J connectivity index is 1.71. The maximum atomic E-state index is 5.59. The molecule has 1 atom stereocenters. The minimum absolute atomic E-state index is 0.832. The van der Waals surface area contributed by atoms with Crippen LogP contribution >= 0.6 is 0 Å². The van der Waals surface area contributed by atoms with Crippen molar-refractivity contribution in [2.24, 2.45) is 18.7 Å². The molecule has 1 aliphatic rings. The first-order chi connectivity index (χ1) is 7.78. The van der Waals surface area contributed by atoms with Crippen molar-refractivity contribution < 1.29 is 0 Å². The molecule has 4 nitrogen and oxygen atoms in total. The molecule has 0 aliphatic carbocycles. The van der Waals surface area contributed by atoms with Gasteiger partial charge in [-0.2, -0.15) is 5.10 Å². The number of aromatic nitrogens is 2. The first-order valence-electron chi connectivity index (χ1n) is 6.18. The summed E-state index contributed by atoms with van der Waals surface area (Å²) in [6.07, 6.45) is 7.69. The molecule has 1 aromatic rings. The highest BCUT2D eigenvalue weighted by Crippen LogP contribution is 2.18. The van der Waals surface area contributed by atoms with Gasteiger partial charge in [-0.3, -0.25) is 4.68 Å². The van der Waals surface area contributed by atoms with E-state index in [0.29, 0.717) is 0 Å². The molecule has 0 radical (unpaired) electrons. The summed E-state index contributed by atoms with van der Waals surface area (Å²) in [5.41, 5.74) is 6.93. The maximum absolute atomic E-state index is 5.59. The number of nitrogens with zero attached hydrogens (tertiary/aromatic N) is 3. The van der Waals surface area contributed by atoms with Crippen molar-refractivity contribution in [3.63, 3.8) is 0 Å². The Kier molecular flexibility index (Phi) is 3.96. The van der Waals surface area contributed by atoms with Gasteiger partial charge < -0.3 is 10.6 Å². The highest BCUT2D eigenvalue weighted by molar-refractivity contribution is 5.04. The second kappa shape index (κ2) is 5.46. The number of nitrogens with two attached hydrogens (primary N) is 1. The molecule has 1 aromatic heterocycles. The molecular formula is C12H22N4. The minimum Gasteiger partial charge on any atom is -0.330 e. The zero-order valence-corrected chi connectivity index (χ0v) is 10.1. The second-order valence-corrected chi connectivity index (χ2v) is 4.80. The van der Waals surface area contributed by atoms with E-state index in [-0.39, 0.29) is 0 Å². The molecule has 0 bridgehead atoms. The molecule has 2 N–H and O–H groups in total. The van der Waals surface area contributed by atoms with E-state index in [1.165, 1.54) is 31.5 Å². The second-order valence-electron chi connectivity index (χ2n) is 4.80. The van der Waals surface area contributed by atoms with Gasteiger partial charge in [0.15, 0.2) is 0 Å². The fourth-order valence-corrected chi connectivity index (χ4v) is 2.48. The highest BCUT2D eigenvalue weighted by atomic mass is 15.2. The van der Waals surface area contributed by atoms with E-state index in [2.05, 4.69) is 16.2 Å². The van der Waals surface area contributed by atoms with Crippen molar-refractivity contribution in [1.82, 2.24) is 14.7 Å². The lowest BCUT2D eigenvalue weighted by Crippen LogP contribution is -2.23. The number of hydrogen-bond acceptors (Lipinski definition) is 3. The Hall–Kier alpha value is -0.870. The van der Waals surface area contributed by atoms with E-state index in [4.69, 9.17) is 5.73 Å². The average molecular weight is 222 g/mol. The van der Waals surface area contributed by atoms with Crippen molar-refractivity contribution in [3.05, 3.63) is 18.0 Å². The molecule has 1 fully saturated rings. The number of hydrogen-bond donors (Lipinski definition) is 1. The quantitative estimate of drug-likeness (QED) is 0.795. The van der Waals surface area contributed by atoms with Gasteiger partial charge in [0, 0.05) is 26.3 Å². The van der Waals surface area contributed by atoms with Crippen LogP contribution in [0.25, 0.3) is 0 Å². The summed E-state index contributed by atoms with van der Waals surface area (Å²) in [6.45, 7) is 4.47. The molecule has 2 rings (SSSR count). The largest absolute Gasteiger partial charge is 0.330 e. The molecule has 0 amide bonds. The molecule has 2 heterocycles. The van der Waals surface area contributed by atoms with E-state index < -0.39 is 0 Å². The van der Waals surface area contributed by atoms with Crippen LogP contribution in [-0.4, -0.2) is 40.9 Å². The summed E-state index contributed by atoms with van der Waals surface area (Å²) in [7, 11) is 1.97. The molecular weight excluding hydrogens is 200 g/mol. The predicted molar refractivity (Wildman–Crippen MR) is 65.1 cm³/mol. The van der Waals surface area contributed by atoms with Gasteiger partial charge >= 0.3 is 0 Å². The van der Waals surface area contributed by atoms with Gasteiger partial charge in [-0.15, -0.1) is 0 Å². The molecule has 0 spiro atoms. The first-order valence-corrected chi connectivity index (χ1v) is 6.18. The average Bonchev–Trinajstić information content (AvgIpc) is 2.85. The van der Waals surface area contributed by atoms with Crippen LogP contribution in [0.3, 0.4) is 0 Å². The van der Waals surface area contributed by atoms with Gasteiger partial charge in [-0.05, 0) is 43.8 Å². The molecule has 90 valence electrons. The van der Waals surface area contributed by atoms with E-state index >= 15 is 0 Å². The summed E-state index contributed by atoms with van der Waals surface area (Å²) in [5.74, 6) is 0.832. The van der Waals surface area contributed by atoms with Crippen LogP contribution in [0.1, 0.15) is 18.4 Å². The third kappa shape index (κ3) is 3.06. The normalized spacial score (nSPS) is 21.8. The number of likely N-dealkylation sites (tertiary alicyclic amines) is 1. The maximum Gasteiger partial charge on any atom is 0.0522 e. The van der Waals surface area contributed by atoms with Gasteiger partial charge in [-0.1, -0.05) is 0 Å². The lowest BCUT2D eigenvalue weighted by atomic mass is 10.1. The minimum atomic E-state index is 0.832. The van der Waals surface area contributed by atoms with Crippen LogP contribution in [-0.2, 0) is 13.5 Å². The number of rotatable bonds is 5. The SMILES string of the molecule is Cn1cc(CCN2CCC(CCN)C2)cn1. The van der Waals surface area contributed by atoms with Crippen molar-refractivity contribution >= 4 is 0 Å². The monoisotopic (exact) mass is 222 g/mol. The van der Waals surface area contributed by atoms with E-state index in [0.717, 1.165) is 25.4 Å². The highest BCUT2D eigenvalue weighted by Gasteiger charge is 2.21. The third-order valence-electron chi connectivity index (χ3n) is 3.42. The summed E-state index contributed by atoms with van der Waals surface area (Å²) in [4.78, 5) is 2.55. The number of aryl methyl sites for hydroxylation is 1. The molecule has 0 aromatic carbocycles. The van der Waals surface area contributed by atoms with Crippen LogP contribution in [0.5, 0.6) is 0 Å². The van der Waals surface area contributed by atoms with Crippen LogP contribution in [0.4, 0.5) is 0 Å². The van der Waals surface area contributed by atoms with Gasteiger partial charge in [0.2, 0.25) is 0 Å². The van der Waals surface area contributed by atoms with Gasteiger partial charge in [0.1, 0.15) is 0 Å². The van der Waals surface area contributed by atoms with Gasteiger partial charge in [0.25, 0.3) is 0 Å².